The van der Waals surface area contributed by atoms with Gasteiger partial charge in [0.2, 0.25) is 0 Å². The van der Waals surface area contributed by atoms with Crippen LogP contribution in [-0.4, -0.2) is 30.0 Å². The summed E-state index contributed by atoms with van der Waals surface area (Å²) in [6.07, 6.45) is 2.82. The van der Waals surface area contributed by atoms with Gasteiger partial charge in [-0.1, -0.05) is 49.1 Å². The molecule has 2 aromatic rings. The predicted octanol–water partition coefficient (Wildman–Crippen LogP) is 5.68. The van der Waals surface area contributed by atoms with Gasteiger partial charge in [0.25, 0.3) is 5.91 Å². The number of hydrogen-bond donors (Lipinski definition) is 0. The zero-order valence-corrected chi connectivity index (χ0v) is 19.1. The van der Waals surface area contributed by atoms with E-state index in [4.69, 9.17) is 26.4 Å². The van der Waals surface area contributed by atoms with E-state index in [9.17, 15) is 4.79 Å². The lowest BCUT2D eigenvalue weighted by Gasteiger charge is -2.17. The molecule has 1 aliphatic rings. The molecule has 0 bridgehead atoms. The van der Waals surface area contributed by atoms with Crippen LogP contribution in [0.3, 0.4) is 0 Å². The molecule has 1 fully saturated rings. The first-order valence-corrected chi connectivity index (χ1v) is 11.0. The second kappa shape index (κ2) is 10.00. The number of thiocarbonyl (C=S) groups is 1. The van der Waals surface area contributed by atoms with E-state index in [1.54, 1.807) is 7.11 Å². The van der Waals surface area contributed by atoms with Crippen LogP contribution in [0.5, 0.6) is 17.2 Å². The summed E-state index contributed by atoms with van der Waals surface area (Å²) in [5, 5.41) is 0. The molecule has 5 nitrogen and oxygen atoms in total. The van der Waals surface area contributed by atoms with Crippen LogP contribution >= 0.6 is 24.0 Å². The van der Waals surface area contributed by atoms with E-state index in [-0.39, 0.29) is 12.0 Å². The van der Waals surface area contributed by atoms with Gasteiger partial charge in [0, 0.05) is 0 Å². The SMILES string of the molecule is CCOc1cc(/C=C2/SC(=S)N(c3ccccc3OC)C2=O)ccc1O[C@H](C)CC. The number of carbonyl (C=O) groups is 1. The monoisotopic (exact) mass is 443 g/mol. The van der Waals surface area contributed by atoms with E-state index in [1.165, 1.54) is 16.7 Å². The first-order valence-electron chi connectivity index (χ1n) is 9.82. The van der Waals surface area contributed by atoms with Crippen molar-refractivity contribution in [1.82, 2.24) is 0 Å². The van der Waals surface area contributed by atoms with Gasteiger partial charge in [0.05, 0.1) is 30.4 Å². The van der Waals surface area contributed by atoms with E-state index in [1.807, 2.05) is 62.4 Å². The highest BCUT2D eigenvalue weighted by Crippen LogP contribution is 2.40. The van der Waals surface area contributed by atoms with Crippen LogP contribution in [0.1, 0.15) is 32.8 Å². The molecule has 0 radical (unpaired) electrons. The van der Waals surface area contributed by atoms with E-state index < -0.39 is 0 Å². The van der Waals surface area contributed by atoms with Gasteiger partial charge in [-0.2, -0.15) is 0 Å². The van der Waals surface area contributed by atoms with Crippen molar-refractivity contribution < 1.29 is 19.0 Å². The third kappa shape index (κ3) is 4.79. The number of amides is 1. The number of ether oxygens (including phenoxy) is 3. The van der Waals surface area contributed by atoms with Gasteiger partial charge >= 0.3 is 0 Å². The van der Waals surface area contributed by atoms with Crippen molar-refractivity contribution in [3.8, 4) is 17.2 Å². The Kier molecular flexibility index (Phi) is 7.39. The van der Waals surface area contributed by atoms with Gasteiger partial charge in [-0.05, 0) is 56.2 Å². The molecule has 30 heavy (non-hydrogen) atoms. The predicted molar refractivity (Wildman–Crippen MR) is 127 cm³/mol. The number of methoxy groups -OCH3 is 1. The quantitative estimate of drug-likeness (QED) is 0.387. The lowest BCUT2D eigenvalue weighted by molar-refractivity contribution is -0.113. The number of carbonyl (C=O) groups excluding carboxylic acids is 1. The zero-order valence-electron chi connectivity index (χ0n) is 17.5. The zero-order chi connectivity index (χ0) is 21.7. The third-order valence-electron chi connectivity index (χ3n) is 4.59. The Hall–Kier alpha value is -2.51. The van der Waals surface area contributed by atoms with Crippen molar-refractivity contribution in [3.05, 3.63) is 52.9 Å². The number of rotatable bonds is 8. The summed E-state index contributed by atoms with van der Waals surface area (Å²) >= 11 is 6.75. The highest BCUT2D eigenvalue weighted by molar-refractivity contribution is 8.27. The normalized spacial score (nSPS) is 16.1. The van der Waals surface area contributed by atoms with E-state index in [0.29, 0.717) is 38.8 Å². The molecule has 3 rings (SSSR count). The van der Waals surface area contributed by atoms with E-state index in [0.717, 1.165) is 12.0 Å². The van der Waals surface area contributed by atoms with Crippen LogP contribution < -0.4 is 19.1 Å². The molecule has 1 saturated heterocycles. The highest BCUT2D eigenvalue weighted by Gasteiger charge is 2.34. The molecular weight excluding hydrogens is 418 g/mol. The number of benzene rings is 2. The maximum atomic E-state index is 13.1. The molecule has 1 amide bonds. The fourth-order valence-corrected chi connectivity index (χ4v) is 4.21. The maximum Gasteiger partial charge on any atom is 0.270 e. The van der Waals surface area contributed by atoms with Crippen molar-refractivity contribution in [2.24, 2.45) is 0 Å². The fourth-order valence-electron chi connectivity index (χ4n) is 2.92. The Labute approximate surface area is 187 Å². The van der Waals surface area contributed by atoms with E-state index in [2.05, 4.69) is 6.92 Å². The number of nitrogens with zero attached hydrogens (tertiary/aromatic N) is 1. The molecule has 0 spiro atoms. The molecule has 1 heterocycles. The second-order valence-electron chi connectivity index (χ2n) is 6.66. The smallest absolute Gasteiger partial charge is 0.270 e. The van der Waals surface area contributed by atoms with Crippen molar-refractivity contribution >= 4 is 46.0 Å². The van der Waals surface area contributed by atoms with Gasteiger partial charge in [0.15, 0.2) is 15.8 Å². The van der Waals surface area contributed by atoms with Gasteiger partial charge in [-0.15, -0.1) is 0 Å². The molecule has 158 valence electrons. The Morgan fingerprint density at radius 1 is 1.13 bits per heavy atom. The average Bonchev–Trinajstić information content (AvgIpc) is 3.02. The Bertz CT molecular complexity index is 973. The average molecular weight is 444 g/mol. The molecule has 0 N–H and O–H groups in total. The molecular formula is C23H25NO4S2. The standard InChI is InChI=1S/C23H25NO4S2/c1-5-15(3)28-19-12-11-16(13-20(19)27-6-2)14-21-22(25)24(23(29)30-21)17-9-7-8-10-18(17)26-4/h7-15H,5-6H2,1-4H3/b21-14+/t15-/m1/s1. The first-order chi connectivity index (χ1) is 14.5. The number of hydrogen-bond acceptors (Lipinski definition) is 6. The number of thioether (sulfide) groups is 1. The summed E-state index contributed by atoms with van der Waals surface area (Å²) in [5.74, 6) is 1.78. The van der Waals surface area contributed by atoms with Crippen LogP contribution in [0, 0.1) is 0 Å². The molecule has 0 aromatic heterocycles. The van der Waals surface area contributed by atoms with Crippen LogP contribution in [0.25, 0.3) is 6.08 Å². The van der Waals surface area contributed by atoms with Crippen LogP contribution in [0.15, 0.2) is 47.4 Å². The summed E-state index contributed by atoms with van der Waals surface area (Å²) in [6, 6.07) is 13.0. The van der Waals surface area contributed by atoms with Crippen molar-refractivity contribution in [1.29, 1.82) is 0 Å². The van der Waals surface area contributed by atoms with Crippen LogP contribution in [0.4, 0.5) is 5.69 Å². The second-order valence-corrected chi connectivity index (χ2v) is 8.34. The molecule has 7 heteroatoms. The molecule has 1 aliphatic heterocycles. The lowest BCUT2D eigenvalue weighted by atomic mass is 10.1. The maximum absolute atomic E-state index is 13.1. The molecule has 0 unspecified atom stereocenters. The summed E-state index contributed by atoms with van der Waals surface area (Å²) in [7, 11) is 1.57. The summed E-state index contributed by atoms with van der Waals surface area (Å²) in [6.45, 7) is 6.55. The van der Waals surface area contributed by atoms with Crippen LogP contribution in [0.2, 0.25) is 0 Å². The van der Waals surface area contributed by atoms with Gasteiger partial charge in [-0.3, -0.25) is 9.69 Å². The molecule has 1 atom stereocenters. The molecule has 0 saturated carbocycles. The Morgan fingerprint density at radius 3 is 2.60 bits per heavy atom. The first kappa shape index (κ1) is 22.2. The molecule has 2 aromatic carbocycles. The minimum absolute atomic E-state index is 0.0900. The Balaban J connectivity index is 1.90. The van der Waals surface area contributed by atoms with Gasteiger partial charge in [-0.25, -0.2) is 0 Å². The highest BCUT2D eigenvalue weighted by atomic mass is 32.2. The van der Waals surface area contributed by atoms with Gasteiger partial charge < -0.3 is 14.2 Å². The Morgan fingerprint density at radius 2 is 1.90 bits per heavy atom. The van der Waals surface area contributed by atoms with Gasteiger partial charge in [0.1, 0.15) is 5.75 Å². The number of para-hydroxylation sites is 2. The molecule has 0 aliphatic carbocycles. The summed E-state index contributed by atoms with van der Waals surface area (Å²) < 4.78 is 17.6. The largest absolute Gasteiger partial charge is 0.495 e. The van der Waals surface area contributed by atoms with Crippen LogP contribution in [-0.2, 0) is 4.79 Å². The minimum atomic E-state index is -0.174. The van der Waals surface area contributed by atoms with Crippen molar-refractivity contribution in [2.75, 3.05) is 18.6 Å². The van der Waals surface area contributed by atoms with Crippen molar-refractivity contribution in [2.45, 2.75) is 33.3 Å². The summed E-state index contributed by atoms with van der Waals surface area (Å²) in [5.41, 5.74) is 1.48. The topological polar surface area (TPSA) is 48.0 Å². The summed E-state index contributed by atoms with van der Waals surface area (Å²) in [4.78, 5) is 15.1. The van der Waals surface area contributed by atoms with E-state index >= 15 is 0 Å². The lowest BCUT2D eigenvalue weighted by Crippen LogP contribution is -2.27. The van der Waals surface area contributed by atoms with Crippen molar-refractivity contribution in [3.63, 3.8) is 0 Å². The third-order valence-corrected chi connectivity index (χ3v) is 5.89. The minimum Gasteiger partial charge on any atom is -0.495 e. The fraction of sp³-hybridized carbons (Fsp3) is 0.304. The number of anilines is 1.